The second-order valence-electron chi connectivity index (χ2n) is 5.66. The van der Waals surface area contributed by atoms with E-state index in [2.05, 4.69) is 0 Å². The molecular weight excluding hydrogens is 252 g/mol. The molecule has 1 saturated heterocycles. The number of ether oxygens (including phenoxy) is 1. The van der Waals surface area contributed by atoms with Gasteiger partial charge < -0.3 is 14.5 Å². The van der Waals surface area contributed by atoms with Crippen LogP contribution in [-0.2, 0) is 4.74 Å². The fourth-order valence-corrected chi connectivity index (χ4v) is 2.72. The van der Waals surface area contributed by atoms with Crippen molar-refractivity contribution in [1.29, 1.82) is 0 Å². The zero-order chi connectivity index (χ0) is 14.5. The van der Waals surface area contributed by atoms with Gasteiger partial charge in [-0.2, -0.15) is 0 Å². The highest BCUT2D eigenvalue weighted by Gasteiger charge is 2.24. The van der Waals surface area contributed by atoms with Crippen LogP contribution in [-0.4, -0.2) is 51.7 Å². The van der Waals surface area contributed by atoms with Gasteiger partial charge in [-0.05, 0) is 37.0 Å². The van der Waals surface area contributed by atoms with Crippen LogP contribution in [0.5, 0.6) is 0 Å². The Morgan fingerprint density at radius 2 is 2.25 bits per heavy atom. The molecule has 0 aliphatic carbocycles. The molecule has 0 saturated carbocycles. The maximum absolute atomic E-state index is 12.6. The molecular formula is C16H24N2O2. The molecule has 1 heterocycles. The summed E-state index contributed by atoms with van der Waals surface area (Å²) in [6.07, 6.45) is 2.21. The minimum absolute atomic E-state index is 0.134. The number of hydrogen-bond donors (Lipinski definition) is 0. The third kappa shape index (κ3) is 3.51. The van der Waals surface area contributed by atoms with E-state index in [0.717, 1.165) is 43.8 Å². The number of benzene rings is 1. The number of hydrogen-bond acceptors (Lipinski definition) is 3. The van der Waals surface area contributed by atoms with Crippen molar-refractivity contribution >= 4 is 11.6 Å². The first-order chi connectivity index (χ1) is 9.61. The Balaban J connectivity index is 2.08. The Morgan fingerprint density at radius 3 is 2.95 bits per heavy atom. The molecule has 1 aliphatic heterocycles. The van der Waals surface area contributed by atoms with Crippen molar-refractivity contribution in [2.24, 2.45) is 5.92 Å². The van der Waals surface area contributed by atoms with Crippen molar-refractivity contribution in [3.8, 4) is 0 Å². The zero-order valence-corrected chi connectivity index (χ0v) is 12.6. The first-order valence-corrected chi connectivity index (χ1v) is 7.17. The molecule has 0 aromatic heterocycles. The van der Waals surface area contributed by atoms with E-state index >= 15 is 0 Å². The first-order valence-electron chi connectivity index (χ1n) is 7.17. The number of methoxy groups -OCH3 is 1. The van der Waals surface area contributed by atoms with Gasteiger partial charge in [0.1, 0.15) is 0 Å². The summed E-state index contributed by atoms with van der Waals surface area (Å²) < 4.78 is 5.22. The third-order valence-electron chi connectivity index (χ3n) is 3.82. The van der Waals surface area contributed by atoms with Crippen LogP contribution < -0.4 is 4.90 Å². The number of amides is 1. The fourth-order valence-electron chi connectivity index (χ4n) is 2.72. The molecule has 2 rings (SSSR count). The largest absolute Gasteiger partial charge is 0.384 e. The van der Waals surface area contributed by atoms with Crippen molar-refractivity contribution in [1.82, 2.24) is 4.90 Å². The summed E-state index contributed by atoms with van der Waals surface area (Å²) in [5.74, 6) is 0.601. The van der Waals surface area contributed by atoms with Crippen molar-refractivity contribution in [3.63, 3.8) is 0 Å². The van der Waals surface area contributed by atoms with Crippen molar-refractivity contribution in [2.75, 3.05) is 45.8 Å². The Bertz CT molecular complexity index is 458. The third-order valence-corrected chi connectivity index (χ3v) is 3.82. The Labute approximate surface area is 121 Å². The molecule has 4 heteroatoms. The number of rotatable bonds is 4. The Kier molecular flexibility index (Phi) is 5.01. The van der Waals surface area contributed by atoms with Crippen LogP contribution in [0.4, 0.5) is 5.69 Å². The summed E-state index contributed by atoms with van der Waals surface area (Å²) >= 11 is 0. The van der Waals surface area contributed by atoms with Gasteiger partial charge in [-0.15, -0.1) is 0 Å². The topological polar surface area (TPSA) is 32.8 Å². The number of carbonyl (C=O) groups excluding carboxylic acids is 1. The number of piperidine rings is 1. The van der Waals surface area contributed by atoms with Crippen LogP contribution in [0, 0.1) is 5.92 Å². The lowest BCUT2D eigenvalue weighted by atomic mass is 9.98. The molecule has 1 aromatic carbocycles. The van der Waals surface area contributed by atoms with Gasteiger partial charge in [0.05, 0.1) is 6.61 Å². The zero-order valence-electron chi connectivity index (χ0n) is 12.6. The second-order valence-corrected chi connectivity index (χ2v) is 5.66. The van der Waals surface area contributed by atoms with E-state index in [0.29, 0.717) is 5.92 Å². The average Bonchev–Trinajstić information content (AvgIpc) is 2.47. The molecule has 0 radical (unpaired) electrons. The van der Waals surface area contributed by atoms with Crippen LogP contribution in [0.1, 0.15) is 23.2 Å². The summed E-state index contributed by atoms with van der Waals surface area (Å²) in [6.45, 7) is 2.39. The first kappa shape index (κ1) is 14.9. The van der Waals surface area contributed by atoms with E-state index in [4.69, 9.17) is 4.74 Å². The van der Waals surface area contributed by atoms with Crippen LogP contribution in [0.2, 0.25) is 0 Å². The molecule has 1 amide bonds. The second kappa shape index (κ2) is 6.75. The van der Waals surface area contributed by atoms with E-state index in [-0.39, 0.29) is 5.91 Å². The summed E-state index contributed by atoms with van der Waals surface area (Å²) in [5, 5.41) is 0. The van der Waals surface area contributed by atoms with Crippen molar-refractivity contribution < 1.29 is 9.53 Å². The van der Waals surface area contributed by atoms with E-state index in [1.165, 1.54) is 0 Å². The van der Waals surface area contributed by atoms with Gasteiger partial charge in [-0.3, -0.25) is 4.79 Å². The smallest absolute Gasteiger partial charge is 0.253 e. The predicted molar refractivity (Wildman–Crippen MR) is 81.3 cm³/mol. The van der Waals surface area contributed by atoms with E-state index in [9.17, 15) is 4.79 Å². The molecule has 20 heavy (non-hydrogen) atoms. The Hall–Kier alpha value is -1.55. The molecule has 1 unspecified atom stereocenters. The maximum atomic E-state index is 12.6. The lowest BCUT2D eigenvalue weighted by Gasteiger charge is -2.32. The summed E-state index contributed by atoms with van der Waals surface area (Å²) in [7, 11) is 5.69. The SMILES string of the molecule is COCC1CCCN(C(=O)c2cccc(N(C)C)c2)C1. The van der Waals surface area contributed by atoms with Gasteiger partial charge in [-0.25, -0.2) is 0 Å². The van der Waals surface area contributed by atoms with Gasteiger partial charge in [0.25, 0.3) is 5.91 Å². The Morgan fingerprint density at radius 1 is 1.45 bits per heavy atom. The average molecular weight is 276 g/mol. The van der Waals surface area contributed by atoms with Crippen molar-refractivity contribution in [3.05, 3.63) is 29.8 Å². The summed E-state index contributed by atoms with van der Waals surface area (Å²) in [5.41, 5.74) is 1.83. The number of anilines is 1. The molecule has 0 N–H and O–H groups in total. The number of nitrogens with zero attached hydrogens (tertiary/aromatic N) is 2. The van der Waals surface area contributed by atoms with Gasteiger partial charge in [0.2, 0.25) is 0 Å². The molecule has 1 atom stereocenters. The van der Waals surface area contributed by atoms with Crippen LogP contribution in [0.3, 0.4) is 0 Å². The maximum Gasteiger partial charge on any atom is 0.253 e. The monoisotopic (exact) mass is 276 g/mol. The van der Waals surface area contributed by atoms with Crippen molar-refractivity contribution in [2.45, 2.75) is 12.8 Å². The summed E-state index contributed by atoms with van der Waals surface area (Å²) in [4.78, 5) is 16.6. The van der Waals surface area contributed by atoms with Gasteiger partial charge in [-0.1, -0.05) is 6.07 Å². The predicted octanol–water partition coefficient (Wildman–Crippen LogP) is 2.25. The normalized spacial score (nSPS) is 18.9. The highest BCUT2D eigenvalue weighted by atomic mass is 16.5. The van der Waals surface area contributed by atoms with Gasteiger partial charge in [0, 0.05) is 45.5 Å². The van der Waals surface area contributed by atoms with Crippen LogP contribution in [0.15, 0.2) is 24.3 Å². The summed E-state index contributed by atoms with van der Waals surface area (Å²) in [6, 6.07) is 7.82. The van der Waals surface area contributed by atoms with Gasteiger partial charge >= 0.3 is 0 Å². The van der Waals surface area contributed by atoms with E-state index < -0.39 is 0 Å². The quantitative estimate of drug-likeness (QED) is 0.845. The standard InChI is InChI=1S/C16H24N2O2/c1-17(2)15-8-4-7-14(10-15)16(19)18-9-5-6-13(11-18)12-20-3/h4,7-8,10,13H,5-6,9,11-12H2,1-3H3. The van der Waals surface area contributed by atoms with Gasteiger partial charge in [0.15, 0.2) is 0 Å². The molecule has 0 bridgehead atoms. The molecule has 1 fully saturated rings. The van der Waals surface area contributed by atoms with Crippen LogP contribution >= 0.6 is 0 Å². The number of likely N-dealkylation sites (tertiary alicyclic amines) is 1. The fraction of sp³-hybridized carbons (Fsp3) is 0.562. The molecule has 1 aliphatic rings. The lowest BCUT2D eigenvalue weighted by Crippen LogP contribution is -2.41. The number of carbonyl (C=O) groups is 1. The highest BCUT2D eigenvalue weighted by molar-refractivity contribution is 5.95. The van der Waals surface area contributed by atoms with Crippen LogP contribution in [0.25, 0.3) is 0 Å². The molecule has 110 valence electrons. The molecule has 4 nitrogen and oxygen atoms in total. The molecule has 0 spiro atoms. The highest BCUT2D eigenvalue weighted by Crippen LogP contribution is 2.20. The van der Waals surface area contributed by atoms with E-state index in [1.807, 2.05) is 48.2 Å². The van der Waals surface area contributed by atoms with E-state index in [1.54, 1.807) is 7.11 Å². The minimum Gasteiger partial charge on any atom is -0.384 e. The minimum atomic E-state index is 0.134. The molecule has 1 aromatic rings. The lowest BCUT2D eigenvalue weighted by molar-refractivity contribution is 0.0571.